The highest BCUT2D eigenvalue weighted by Crippen LogP contribution is 2.44. The summed E-state index contributed by atoms with van der Waals surface area (Å²) in [7, 11) is 1.81. The third kappa shape index (κ3) is 3.91. The van der Waals surface area contributed by atoms with Crippen LogP contribution in [0.3, 0.4) is 0 Å². The van der Waals surface area contributed by atoms with Crippen molar-refractivity contribution >= 4 is 40.4 Å². The van der Waals surface area contributed by atoms with Crippen LogP contribution in [0.15, 0.2) is 60.0 Å². The fourth-order valence-corrected chi connectivity index (χ4v) is 6.11. The van der Waals surface area contributed by atoms with Crippen LogP contribution in [-0.4, -0.2) is 54.8 Å². The molecule has 5 nitrogen and oxygen atoms in total. The molecule has 33 heavy (non-hydrogen) atoms. The van der Waals surface area contributed by atoms with Crippen LogP contribution in [0.5, 0.6) is 0 Å². The Balaban J connectivity index is 1.43. The van der Waals surface area contributed by atoms with Crippen molar-refractivity contribution in [3.05, 3.63) is 86.6 Å². The van der Waals surface area contributed by atoms with E-state index in [2.05, 4.69) is 11.8 Å². The molecule has 3 heterocycles. The van der Waals surface area contributed by atoms with Crippen molar-refractivity contribution in [2.24, 2.45) is 0 Å². The summed E-state index contributed by atoms with van der Waals surface area (Å²) in [5.74, 6) is -0.362. The van der Waals surface area contributed by atoms with Crippen molar-refractivity contribution in [1.29, 1.82) is 0 Å². The number of thiophene rings is 1. The number of amides is 2. The lowest BCUT2D eigenvalue weighted by Crippen LogP contribution is -2.53. The van der Waals surface area contributed by atoms with Crippen LogP contribution in [0.1, 0.15) is 38.3 Å². The summed E-state index contributed by atoms with van der Waals surface area (Å²) in [5.41, 5.74) is 3.76. The van der Waals surface area contributed by atoms with E-state index in [-0.39, 0.29) is 17.9 Å². The number of carbonyl (C=O) groups is 2. The number of fused-ring (bicyclic) bond motifs is 1. The molecule has 0 radical (unpaired) electrons. The Morgan fingerprint density at radius 2 is 1.79 bits per heavy atom. The molecule has 0 N–H and O–H groups in total. The van der Waals surface area contributed by atoms with Crippen molar-refractivity contribution < 1.29 is 9.59 Å². The van der Waals surface area contributed by atoms with Crippen molar-refractivity contribution in [2.45, 2.75) is 18.9 Å². The summed E-state index contributed by atoms with van der Waals surface area (Å²) in [6.07, 6.45) is 0. The molecule has 2 aliphatic rings. The lowest BCUT2D eigenvalue weighted by Gasteiger charge is -2.43. The monoisotopic (exact) mass is 479 g/mol. The fraction of sp³-hybridized carbons (Fsp3) is 0.308. The number of piperazine rings is 1. The van der Waals surface area contributed by atoms with E-state index >= 15 is 0 Å². The first-order valence-electron chi connectivity index (χ1n) is 11.1. The maximum absolute atomic E-state index is 14.0. The molecule has 2 aromatic carbocycles. The molecule has 1 fully saturated rings. The number of aryl methyl sites for hydroxylation is 1. The van der Waals surface area contributed by atoms with Crippen molar-refractivity contribution in [3.63, 3.8) is 0 Å². The molecule has 2 aliphatic heterocycles. The number of rotatable bonds is 3. The van der Waals surface area contributed by atoms with Crippen LogP contribution in [-0.2, 0) is 4.79 Å². The highest BCUT2D eigenvalue weighted by atomic mass is 35.5. The predicted octanol–water partition coefficient (Wildman–Crippen LogP) is 4.97. The lowest BCUT2D eigenvalue weighted by atomic mass is 9.81. The number of carbonyl (C=O) groups excluding carboxylic acids is 2. The Morgan fingerprint density at radius 1 is 1.03 bits per heavy atom. The van der Waals surface area contributed by atoms with Crippen molar-refractivity contribution in [1.82, 2.24) is 9.80 Å². The van der Waals surface area contributed by atoms with E-state index in [1.165, 1.54) is 5.56 Å². The van der Waals surface area contributed by atoms with Gasteiger partial charge in [0.2, 0.25) is 5.91 Å². The van der Waals surface area contributed by atoms with E-state index in [1.54, 1.807) is 16.2 Å². The number of hydrogen-bond acceptors (Lipinski definition) is 4. The zero-order valence-corrected chi connectivity index (χ0v) is 20.3. The second-order valence-corrected chi connectivity index (χ2v) is 10.1. The molecule has 0 spiro atoms. The number of hydrogen-bond donors (Lipinski definition) is 0. The molecule has 2 atom stereocenters. The van der Waals surface area contributed by atoms with E-state index in [0.29, 0.717) is 18.7 Å². The Morgan fingerprint density at radius 3 is 2.52 bits per heavy atom. The Labute approximate surface area is 203 Å². The normalized spacial score (nSPS) is 20.7. The summed E-state index contributed by atoms with van der Waals surface area (Å²) in [6.45, 7) is 4.86. The molecule has 0 saturated carbocycles. The zero-order chi connectivity index (χ0) is 23.1. The van der Waals surface area contributed by atoms with Gasteiger partial charge in [-0.3, -0.25) is 9.59 Å². The summed E-state index contributed by atoms with van der Waals surface area (Å²) < 4.78 is 0. The third-order valence-corrected chi connectivity index (χ3v) is 7.96. The van der Waals surface area contributed by atoms with Gasteiger partial charge in [-0.15, -0.1) is 11.3 Å². The second kappa shape index (κ2) is 8.84. The third-order valence-electron chi connectivity index (χ3n) is 6.78. The predicted molar refractivity (Wildman–Crippen MR) is 133 cm³/mol. The van der Waals surface area contributed by atoms with E-state index < -0.39 is 5.92 Å². The standard InChI is InChI=1S/C26H26ClN3O2S/c1-17-9-10-18(27)16-21(17)29-11-13-30(14-12-29)26(32)23-19-6-3-4-7-20(19)25(31)28(2)24(23)22-8-5-15-33-22/h3-10,15-16,23-24H,11-14H2,1-2H3. The van der Waals surface area contributed by atoms with E-state index in [4.69, 9.17) is 11.6 Å². The first-order valence-corrected chi connectivity index (χ1v) is 12.4. The maximum Gasteiger partial charge on any atom is 0.254 e. The summed E-state index contributed by atoms with van der Waals surface area (Å²) in [5, 5.41) is 2.72. The van der Waals surface area contributed by atoms with Gasteiger partial charge in [-0.25, -0.2) is 0 Å². The number of likely N-dealkylation sites (N-methyl/N-ethyl adjacent to an activating group) is 1. The zero-order valence-electron chi connectivity index (χ0n) is 18.7. The number of anilines is 1. The number of halogens is 1. The van der Waals surface area contributed by atoms with Crippen LogP contribution in [0.2, 0.25) is 5.02 Å². The Hall–Kier alpha value is -2.83. The molecule has 2 amide bonds. The van der Waals surface area contributed by atoms with Gasteiger partial charge in [-0.2, -0.15) is 0 Å². The SMILES string of the molecule is Cc1ccc(Cl)cc1N1CCN(C(=O)C2c3ccccc3C(=O)N(C)C2c2cccs2)CC1. The van der Waals surface area contributed by atoms with E-state index in [0.717, 1.165) is 34.2 Å². The van der Waals surface area contributed by atoms with E-state index in [1.807, 2.05) is 71.9 Å². The van der Waals surface area contributed by atoms with Crippen molar-refractivity contribution in [3.8, 4) is 0 Å². The first kappa shape index (κ1) is 22.0. The Kier molecular flexibility index (Phi) is 5.89. The molecule has 1 aromatic heterocycles. The minimum absolute atomic E-state index is 0.0331. The van der Waals surface area contributed by atoms with Gasteiger partial charge in [0.05, 0.1) is 12.0 Å². The highest BCUT2D eigenvalue weighted by Gasteiger charge is 2.44. The van der Waals surface area contributed by atoms with E-state index in [9.17, 15) is 9.59 Å². The molecular formula is C26H26ClN3O2S. The highest BCUT2D eigenvalue weighted by molar-refractivity contribution is 7.10. The fourth-order valence-electron chi connectivity index (χ4n) is 5.04. The van der Waals surface area contributed by atoms with Crippen LogP contribution >= 0.6 is 22.9 Å². The van der Waals surface area contributed by atoms with Gasteiger partial charge in [0.15, 0.2) is 0 Å². The van der Waals surface area contributed by atoms with Gasteiger partial charge in [0, 0.05) is 54.4 Å². The lowest BCUT2D eigenvalue weighted by molar-refractivity contribution is -0.134. The van der Waals surface area contributed by atoms with Crippen LogP contribution in [0.4, 0.5) is 5.69 Å². The molecule has 170 valence electrons. The molecule has 3 aromatic rings. The smallest absolute Gasteiger partial charge is 0.254 e. The Bertz CT molecular complexity index is 1190. The molecule has 5 rings (SSSR count). The molecular weight excluding hydrogens is 454 g/mol. The van der Waals surface area contributed by atoms with Crippen LogP contribution in [0.25, 0.3) is 0 Å². The first-order chi connectivity index (χ1) is 16.0. The van der Waals surface area contributed by atoms with Crippen molar-refractivity contribution in [2.75, 3.05) is 38.1 Å². The molecule has 0 aliphatic carbocycles. The van der Waals surface area contributed by atoms with Gasteiger partial charge >= 0.3 is 0 Å². The molecule has 1 saturated heterocycles. The average Bonchev–Trinajstić information content (AvgIpc) is 3.37. The van der Waals surface area contributed by atoms with Gasteiger partial charge in [-0.05, 0) is 47.7 Å². The maximum atomic E-state index is 14.0. The average molecular weight is 480 g/mol. The van der Waals surface area contributed by atoms with Crippen LogP contribution < -0.4 is 4.90 Å². The molecule has 0 bridgehead atoms. The summed E-state index contributed by atoms with van der Waals surface area (Å²) >= 11 is 7.83. The number of benzene rings is 2. The minimum Gasteiger partial charge on any atom is -0.368 e. The van der Waals surface area contributed by atoms with Gasteiger partial charge < -0.3 is 14.7 Å². The number of nitrogens with zero attached hydrogens (tertiary/aromatic N) is 3. The van der Waals surface area contributed by atoms with Gasteiger partial charge in [0.25, 0.3) is 5.91 Å². The topological polar surface area (TPSA) is 43.9 Å². The summed E-state index contributed by atoms with van der Waals surface area (Å²) in [6, 6.07) is 17.2. The summed E-state index contributed by atoms with van der Waals surface area (Å²) in [4.78, 5) is 34.1. The second-order valence-electron chi connectivity index (χ2n) is 8.68. The molecule has 7 heteroatoms. The van der Waals surface area contributed by atoms with Gasteiger partial charge in [-0.1, -0.05) is 41.9 Å². The minimum atomic E-state index is -0.415. The molecule has 2 unspecified atom stereocenters. The largest absolute Gasteiger partial charge is 0.368 e. The van der Waals surface area contributed by atoms with Gasteiger partial charge in [0.1, 0.15) is 0 Å². The quantitative estimate of drug-likeness (QED) is 0.532. The van der Waals surface area contributed by atoms with Crippen LogP contribution in [0, 0.1) is 6.92 Å².